The van der Waals surface area contributed by atoms with E-state index in [-0.39, 0.29) is 30.7 Å². The van der Waals surface area contributed by atoms with Crippen LogP contribution in [-0.4, -0.2) is 23.6 Å². The smallest absolute Gasteiger partial charge is 0.257 e. The van der Waals surface area contributed by atoms with Gasteiger partial charge < -0.3 is 14.8 Å². The van der Waals surface area contributed by atoms with Crippen molar-refractivity contribution in [3.8, 4) is 11.5 Å². The first-order chi connectivity index (χ1) is 16.0. The number of nitrogens with zero attached hydrogens (tertiary/aromatic N) is 1. The number of fused-ring (bicyclic) bond motifs is 2. The fourth-order valence-corrected chi connectivity index (χ4v) is 4.96. The van der Waals surface area contributed by atoms with Gasteiger partial charge in [0.1, 0.15) is 11.6 Å². The van der Waals surface area contributed by atoms with E-state index in [0.717, 1.165) is 29.9 Å². The maximum absolute atomic E-state index is 13.9. The Hall–Kier alpha value is -3.53. The number of rotatable bonds is 5. The van der Waals surface area contributed by atoms with E-state index in [1.165, 1.54) is 17.4 Å². The monoisotopic (exact) mass is 471 g/mol. The molecule has 2 aliphatic rings. The lowest BCUT2D eigenvalue weighted by atomic mass is 9.90. The molecule has 0 saturated carbocycles. The number of anilines is 1. The van der Waals surface area contributed by atoms with Gasteiger partial charge in [0.05, 0.1) is 11.6 Å². The van der Waals surface area contributed by atoms with E-state index in [1.807, 2.05) is 0 Å². The van der Waals surface area contributed by atoms with Crippen molar-refractivity contribution in [1.29, 1.82) is 0 Å². The largest absolute Gasteiger partial charge is 0.454 e. The molecule has 10 heteroatoms. The van der Waals surface area contributed by atoms with Crippen LogP contribution in [-0.2, 0) is 17.8 Å². The Kier molecular flexibility index (Phi) is 5.67. The van der Waals surface area contributed by atoms with Crippen molar-refractivity contribution in [3.63, 3.8) is 0 Å². The van der Waals surface area contributed by atoms with Crippen molar-refractivity contribution in [3.05, 3.63) is 69.7 Å². The predicted octanol–water partition coefficient (Wildman–Crippen LogP) is 4.14. The number of aryl methyl sites for hydroxylation is 1. The summed E-state index contributed by atoms with van der Waals surface area (Å²) in [5.74, 6) is -1.39. The highest BCUT2D eigenvalue weighted by atomic mass is 32.1. The van der Waals surface area contributed by atoms with Crippen LogP contribution in [0.1, 0.15) is 45.3 Å². The van der Waals surface area contributed by atoms with Crippen LogP contribution in [0, 0.1) is 11.6 Å². The van der Waals surface area contributed by atoms with Gasteiger partial charge in [-0.05, 0) is 43.5 Å². The first-order valence-corrected chi connectivity index (χ1v) is 11.2. The summed E-state index contributed by atoms with van der Waals surface area (Å²) in [5.41, 5.74) is 1.24. The summed E-state index contributed by atoms with van der Waals surface area (Å²) in [6.07, 6.45) is 2.17. The van der Waals surface area contributed by atoms with Crippen molar-refractivity contribution in [2.24, 2.45) is 0 Å². The Bertz CT molecular complexity index is 1250. The topological polar surface area (TPSA) is 89.6 Å². The lowest BCUT2D eigenvalue weighted by Crippen LogP contribution is -2.31. The third kappa shape index (κ3) is 4.38. The van der Waals surface area contributed by atoms with Crippen molar-refractivity contribution in [1.82, 2.24) is 10.3 Å². The van der Waals surface area contributed by atoms with E-state index in [1.54, 1.807) is 18.2 Å². The minimum absolute atomic E-state index is 0.0470. The first-order valence-electron chi connectivity index (χ1n) is 10.4. The summed E-state index contributed by atoms with van der Waals surface area (Å²) in [5, 5.41) is 5.92. The van der Waals surface area contributed by atoms with Crippen LogP contribution in [0.3, 0.4) is 0 Å². The number of hydrogen-bond donors (Lipinski definition) is 2. The molecule has 3 aromatic rings. The summed E-state index contributed by atoms with van der Waals surface area (Å²) in [4.78, 5) is 31.0. The second-order valence-corrected chi connectivity index (χ2v) is 8.83. The molecule has 2 N–H and O–H groups in total. The fourth-order valence-electron chi connectivity index (χ4n) is 3.90. The number of benzene rings is 2. The molecule has 0 saturated heterocycles. The quantitative estimate of drug-likeness (QED) is 0.584. The standard InChI is InChI=1S/C23H19F2N3O4S/c24-14-6-4-13(16(25)9-14)10-26-22(30)15-2-1-3-19-20(15)27-23(33-19)28-21(29)12-5-7-17-18(8-12)32-11-31-17/h4-9,15H,1-3,10-11H2,(H,26,30)(H,27,28,29). The second kappa shape index (κ2) is 8.78. The molecule has 1 aliphatic heterocycles. The molecule has 1 aliphatic carbocycles. The van der Waals surface area contributed by atoms with Crippen LogP contribution in [0.15, 0.2) is 36.4 Å². The molecule has 170 valence electrons. The normalized spacial score (nSPS) is 16.2. The van der Waals surface area contributed by atoms with E-state index in [2.05, 4.69) is 15.6 Å². The average molecular weight is 471 g/mol. The van der Waals surface area contributed by atoms with Crippen LogP contribution in [0.5, 0.6) is 11.5 Å². The molecule has 2 aromatic carbocycles. The number of carbonyl (C=O) groups is 2. The van der Waals surface area contributed by atoms with Gasteiger partial charge in [-0.15, -0.1) is 11.3 Å². The number of amides is 2. The number of nitrogens with one attached hydrogen (secondary N) is 2. The Morgan fingerprint density at radius 3 is 2.82 bits per heavy atom. The van der Waals surface area contributed by atoms with Crippen molar-refractivity contribution in [2.75, 3.05) is 12.1 Å². The highest BCUT2D eigenvalue weighted by molar-refractivity contribution is 7.16. The van der Waals surface area contributed by atoms with Crippen molar-refractivity contribution >= 4 is 28.3 Å². The lowest BCUT2D eigenvalue weighted by molar-refractivity contribution is -0.123. The number of ether oxygens (including phenoxy) is 2. The first kappa shape index (κ1) is 21.3. The lowest BCUT2D eigenvalue weighted by Gasteiger charge is -2.20. The van der Waals surface area contributed by atoms with Gasteiger partial charge in [-0.1, -0.05) is 6.07 Å². The molecule has 1 atom stereocenters. The van der Waals surface area contributed by atoms with Crippen LogP contribution < -0.4 is 20.1 Å². The fraction of sp³-hybridized carbons (Fsp3) is 0.261. The van der Waals surface area contributed by atoms with Gasteiger partial charge in [-0.25, -0.2) is 13.8 Å². The average Bonchev–Trinajstić information content (AvgIpc) is 3.43. The predicted molar refractivity (Wildman–Crippen MR) is 117 cm³/mol. The molecule has 0 spiro atoms. The summed E-state index contributed by atoms with van der Waals surface area (Å²) in [7, 11) is 0. The van der Waals surface area contributed by atoms with Gasteiger partial charge in [0.25, 0.3) is 5.91 Å². The number of halogens is 2. The van der Waals surface area contributed by atoms with E-state index in [4.69, 9.17) is 9.47 Å². The van der Waals surface area contributed by atoms with Crippen LogP contribution in [0.2, 0.25) is 0 Å². The van der Waals surface area contributed by atoms with E-state index in [9.17, 15) is 18.4 Å². The summed E-state index contributed by atoms with van der Waals surface area (Å²) in [6.45, 7) is 0.0749. The number of aromatic nitrogens is 1. The molecule has 0 radical (unpaired) electrons. The van der Waals surface area contributed by atoms with Crippen molar-refractivity contribution in [2.45, 2.75) is 31.7 Å². The Morgan fingerprint density at radius 2 is 1.97 bits per heavy atom. The number of thiazole rings is 1. The SMILES string of the molecule is O=C(Nc1nc2c(s1)CCCC2C(=O)NCc1ccc(F)cc1F)c1ccc2c(c1)OCO2. The van der Waals surface area contributed by atoms with E-state index in [0.29, 0.717) is 34.3 Å². The maximum Gasteiger partial charge on any atom is 0.257 e. The number of hydrogen-bond acceptors (Lipinski definition) is 6. The molecule has 5 rings (SSSR count). The third-order valence-electron chi connectivity index (χ3n) is 5.59. The zero-order chi connectivity index (χ0) is 22.9. The van der Waals surface area contributed by atoms with Gasteiger partial charge in [0, 0.05) is 28.6 Å². The van der Waals surface area contributed by atoms with Crippen LogP contribution >= 0.6 is 11.3 Å². The van der Waals surface area contributed by atoms with E-state index < -0.39 is 17.6 Å². The van der Waals surface area contributed by atoms with Gasteiger partial charge in [0.2, 0.25) is 12.7 Å². The molecule has 0 fully saturated rings. The zero-order valence-corrected chi connectivity index (χ0v) is 18.1. The molecule has 2 heterocycles. The third-order valence-corrected chi connectivity index (χ3v) is 6.64. The molecular formula is C23H19F2N3O4S. The summed E-state index contributed by atoms with van der Waals surface area (Å²) in [6, 6.07) is 8.17. The Balaban J connectivity index is 1.27. The Morgan fingerprint density at radius 1 is 1.12 bits per heavy atom. The summed E-state index contributed by atoms with van der Waals surface area (Å²) < 4.78 is 37.5. The minimum atomic E-state index is -0.707. The number of carbonyl (C=O) groups excluding carboxylic acids is 2. The molecule has 7 nitrogen and oxygen atoms in total. The molecule has 33 heavy (non-hydrogen) atoms. The minimum Gasteiger partial charge on any atom is -0.454 e. The second-order valence-electron chi connectivity index (χ2n) is 7.75. The molecular weight excluding hydrogens is 452 g/mol. The molecule has 0 bridgehead atoms. The van der Waals surface area contributed by atoms with Gasteiger partial charge in [-0.3, -0.25) is 14.9 Å². The van der Waals surface area contributed by atoms with Gasteiger partial charge in [0.15, 0.2) is 16.6 Å². The van der Waals surface area contributed by atoms with Gasteiger partial charge >= 0.3 is 0 Å². The molecule has 2 amide bonds. The Labute approximate surface area is 191 Å². The van der Waals surface area contributed by atoms with Crippen molar-refractivity contribution < 1.29 is 27.8 Å². The summed E-state index contributed by atoms with van der Waals surface area (Å²) >= 11 is 1.34. The zero-order valence-electron chi connectivity index (χ0n) is 17.3. The highest BCUT2D eigenvalue weighted by Crippen LogP contribution is 2.37. The van der Waals surface area contributed by atoms with Crippen LogP contribution in [0.25, 0.3) is 0 Å². The maximum atomic E-state index is 13.9. The van der Waals surface area contributed by atoms with Crippen LogP contribution in [0.4, 0.5) is 13.9 Å². The molecule has 1 unspecified atom stereocenters. The highest BCUT2D eigenvalue weighted by Gasteiger charge is 2.30. The molecule has 1 aromatic heterocycles. The van der Waals surface area contributed by atoms with Gasteiger partial charge in [-0.2, -0.15) is 0 Å². The van der Waals surface area contributed by atoms with E-state index >= 15 is 0 Å².